The monoisotopic (exact) mass is 435 g/mol. The third-order valence-corrected chi connectivity index (χ3v) is 5.88. The van der Waals surface area contributed by atoms with Crippen LogP contribution in [-0.2, 0) is 0 Å². The first kappa shape index (κ1) is 20.6. The summed E-state index contributed by atoms with van der Waals surface area (Å²) in [5.41, 5.74) is 3.71. The Balaban J connectivity index is 1.39. The standard InChI is InChI=1S/C23H26FN7O/c1-14-7-20(24)19(23(32)28-16-4-5-16)9-22(14)31-13-21(29-30-31)15-8-18(12-26-10-15)27-17-3-2-6-25-11-17/h7-10,12-13,16-17,25,27H,2-6,11H2,1H3,(H,28,32). The predicted octanol–water partition coefficient (Wildman–Crippen LogP) is 2.83. The molecule has 1 saturated heterocycles. The van der Waals surface area contributed by atoms with Crippen LogP contribution in [0.2, 0.25) is 0 Å². The fourth-order valence-electron chi connectivity index (χ4n) is 3.96. The van der Waals surface area contributed by atoms with Gasteiger partial charge in [0.25, 0.3) is 5.91 Å². The van der Waals surface area contributed by atoms with E-state index in [0.29, 0.717) is 23.0 Å². The molecule has 5 rings (SSSR count). The lowest BCUT2D eigenvalue weighted by Gasteiger charge is -2.24. The molecule has 0 spiro atoms. The van der Waals surface area contributed by atoms with Crippen molar-refractivity contribution < 1.29 is 9.18 Å². The number of rotatable bonds is 6. The minimum Gasteiger partial charge on any atom is -0.380 e. The Morgan fingerprint density at radius 3 is 2.84 bits per heavy atom. The molecule has 2 fully saturated rings. The molecular weight excluding hydrogens is 409 g/mol. The summed E-state index contributed by atoms with van der Waals surface area (Å²) in [6.45, 7) is 3.78. The van der Waals surface area contributed by atoms with Gasteiger partial charge in [-0.3, -0.25) is 9.78 Å². The van der Waals surface area contributed by atoms with Crippen LogP contribution in [0.3, 0.4) is 0 Å². The van der Waals surface area contributed by atoms with Gasteiger partial charge in [0.15, 0.2) is 0 Å². The predicted molar refractivity (Wildman–Crippen MR) is 119 cm³/mol. The minimum absolute atomic E-state index is 0.0171. The van der Waals surface area contributed by atoms with Gasteiger partial charge in [-0.2, -0.15) is 0 Å². The highest BCUT2D eigenvalue weighted by Crippen LogP contribution is 2.25. The molecule has 9 heteroatoms. The lowest BCUT2D eigenvalue weighted by atomic mass is 10.1. The van der Waals surface area contributed by atoms with E-state index in [1.807, 2.05) is 6.07 Å². The first-order valence-corrected chi connectivity index (χ1v) is 11.0. The largest absolute Gasteiger partial charge is 0.380 e. The number of pyridine rings is 1. The van der Waals surface area contributed by atoms with Gasteiger partial charge in [0.2, 0.25) is 0 Å². The molecule has 1 aliphatic carbocycles. The van der Waals surface area contributed by atoms with Crippen LogP contribution in [0.5, 0.6) is 0 Å². The molecule has 3 N–H and O–H groups in total. The first-order chi connectivity index (χ1) is 15.6. The van der Waals surface area contributed by atoms with Gasteiger partial charge in [-0.1, -0.05) is 5.21 Å². The summed E-state index contributed by atoms with van der Waals surface area (Å²) in [6, 6.07) is 5.43. The van der Waals surface area contributed by atoms with Crippen LogP contribution in [0.4, 0.5) is 10.1 Å². The number of nitrogens with one attached hydrogen (secondary N) is 3. The maximum atomic E-state index is 14.4. The van der Waals surface area contributed by atoms with Crippen molar-refractivity contribution in [3.63, 3.8) is 0 Å². The van der Waals surface area contributed by atoms with Crippen molar-refractivity contribution >= 4 is 11.6 Å². The number of amides is 1. The van der Waals surface area contributed by atoms with E-state index in [1.165, 1.54) is 12.1 Å². The molecule has 3 aromatic rings. The molecule has 3 heterocycles. The molecule has 1 aliphatic heterocycles. The maximum absolute atomic E-state index is 14.4. The van der Waals surface area contributed by atoms with Crippen LogP contribution < -0.4 is 16.0 Å². The highest BCUT2D eigenvalue weighted by Gasteiger charge is 2.26. The number of carbonyl (C=O) groups excluding carboxylic acids is 1. The topological polar surface area (TPSA) is 96.8 Å². The second-order valence-electron chi connectivity index (χ2n) is 8.56. The van der Waals surface area contributed by atoms with Gasteiger partial charge >= 0.3 is 0 Å². The zero-order valence-electron chi connectivity index (χ0n) is 17.9. The van der Waals surface area contributed by atoms with Gasteiger partial charge in [-0.05, 0) is 62.9 Å². The van der Waals surface area contributed by atoms with Crippen molar-refractivity contribution in [1.29, 1.82) is 0 Å². The average Bonchev–Trinajstić information content (AvgIpc) is 3.46. The van der Waals surface area contributed by atoms with E-state index >= 15 is 0 Å². The van der Waals surface area contributed by atoms with E-state index in [4.69, 9.17) is 0 Å². The van der Waals surface area contributed by atoms with E-state index in [2.05, 4.69) is 31.2 Å². The highest BCUT2D eigenvalue weighted by atomic mass is 19.1. The second-order valence-corrected chi connectivity index (χ2v) is 8.56. The van der Waals surface area contributed by atoms with Crippen LogP contribution in [0.15, 0.2) is 36.8 Å². The number of halogens is 1. The Morgan fingerprint density at radius 2 is 2.06 bits per heavy atom. The van der Waals surface area contributed by atoms with Crippen LogP contribution in [0, 0.1) is 12.7 Å². The molecule has 1 aromatic carbocycles. The molecule has 8 nitrogen and oxygen atoms in total. The zero-order chi connectivity index (χ0) is 22.1. The van der Waals surface area contributed by atoms with E-state index in [-0.39, 0.29) is 11.6 Å². The number of benzene rings is 1. The lowest BCUT2D eigenvalue weighted by Crippen LogP contribution is -2.38. The molecule has 0 bridgehead atoms. The van der Waals surface area contributed by atoms with Crippen molar-refractivity contribution in [2.75, 3.05) is 18.4 Å². The van der Waals surface area contributed by atoms with Crippen LogP contribution in [0.25, 0.3) is 16.9 Å². The zero-order valence-corrected chi connectivity index (χ0v) is 17.9. The average molecular weight is 436 g/mol. The minimum atomic E-state index is -0.537. The summed E-state index contributed by atoms with van der Waals surface area (Å²) in [6.07, 6.45) is 9.47. The molecule has 0 radical (unpaired) electrons. The van der Waals surface area contributed by atoms with E-state index < -0.39 is 11.7 Å². The van der Waals surface area contributed by atoms with Gasteiger partial charge in [-0.15, -0.1) is 5.10 Å². The number of piperidine rings is 1. The Morgan fingerprint density at radius 1 is 1.19 bits per heavy atom. The van der Waals surface area contributed by atoms with Gasteiger partial charge in [0, 0.05) is 36.6 Å². The molecule has 2 aromatic heterocycles. The van der Waals surface area contributed by atoms with Crippen molar-refractivity contribution in [2.24, 2.45) is 0 Å². The van der Waals surface area contributed by atoms with Crippen molar-refractivity contribution in [3.05, 3.63) is 53.7 Å². The maximum Gasteiger partial charge on any atom is 0.254 e. The van der Waals surface area contributed by atoms with Gasteiger partial charge in [0.05, 0.1) is 23.1 Å². The summed E-state index contributed by atoms with van der Waals surface area (Å²) in [5, 5.41) is 18.3. The normalized spacial score (nSPS) is 18.4. The van der Waals surface area contributed by atoms with Gasteiger partial charge in [-0.25, -0.2) is 9.07 Å². The van der Waals surface area contributed by atoms with Gasteiger partial charge in [0.1, 0.15) is 11.5 Å². The third kappa shape index (κ3) is 4.47. The summed E-state index contributed by atoms with van der Waals surface area (Å²) < 4.78 is 16.0. The van der Waals surface area contributed by atoms with Crippen LogP contribution in [-0.4, -0.2) is 51.1 Å². The molecule has 2 aliphatic rings. The van der Waals surface area contributed by atoms with E-state index in [9.17, 15) is 9.18 Å². The van der Waals surface area contributed by atoms with Crippen LogP contribution >= 0.6 is 0 Å². The summed E-state index contributed by atoms with van der Waals surface area (Å²) >= 11 is 0. The Kier molecular flexibility index (Phi) is 5.57. The first-order valence-electron chi connectivity index (χ1n) is 11.0. The van der Waals surface area contributed by atoms with Crippen molar-refractivity contribution in [1.82, 2.24) is 30.6 Å². The second kappa shape index (κ2) is 8.66. The smallest absolute Gasteiger partial charge is 0.254 e. The number of hydrogen-bond acceptors (Lipinski definition) is 6. The molecule has 166 valence electrons. The quantitative estimate of drug-likeness (QED) is 0.551. The van der Waals surface area contributed by atoms with E-state index in [0.717, 1.165) is 50.0 Å². The summed E-state index contributed by atoms with van der Waals surface area (Å²) in [5.74, 6) is -0.934. The molecule has 1 atom stereocenters. The highest BCUT2D eigenvalue weighted by molar-refractivity contribution is 5.95. The number of hydrogen-bond donors (Lipinski definition) is 3. The molecule has 1 unspecified atom stereocenters. The molecule has 1 amide bonds. The number of anilines is 1. The Hall–Kier alpha value is -3.33. The molecule has 32 heavy (non-hydrogen) atoms. The fourth-order valence-corrected chi connectivity index (χ4v) is 3.96. The van der Waals surface area contributed by atoms with E-state index in [1.54, 1.807) is 30.2 Å². The number of aromatic nitrogens is 4. The number of aryl methyl sites for hydroxylation is 1. The van der Waals surface area contributed by atoms with Crippen molar-refractivity contribution in [3.8, 4) is 16.9 Å². The summed E-state index contributed by atoms with van der Waals surface area (Å²) in [4.78, 5) is 16.8. The molecule has 1 saturated carbocycles. The van der Waals surface area contributed by atoms with Crippen LogP contribution in [0.1, 0.15) is 41.6 Å². The lowest BCUT2D eigenvalue weighted by molar-refractivity contribution is 0.0947. The van der Waals surface area contributed by atoms with Crippen molar-refractivity contribution in [2.45, 2.75) is 44.7 Å². The Labute approximate surface area is 185 Å². The molecular formula is C23H26FN7O. The Bertz CT molecular complexity index is 1140. The SMILES string of the molecule is Cc1cc(F)c(C(=O)NC2CC2)cc1-n1cc(-c2cncc(NC3CCCNC3)c2)nn1. The third-order valence-electron chi connectivity index (χ3n) is 5.88. The number of carbonyl (C=O) groups is 1. The summed E-state index contributed by atoms with van der Waals surface area (Å²) in [7, 11) is 0. The van der Waals surface area contributed by atoms with Gasteiger partial charge < -0.3 is 16.0 Å². The number of nitrogens with zero attached hydrogens (tertiary/aromatic N) is 4. The fraction of sp³-hybridized carbons (Fsp3) is 0.391.